The quantitative estimate of drug-likeness (QED) is 0.596. The van der Waals surface area contributed by atoms with Gasteiger partial charge in [-0.15, -0.1) is 0 Å². The molecule has 7 nitrogen and oxygen atoms in total. The molecule has 0 saturated carbocycles. The lowest BCUT2D eigenvalue weighted by molar-refractivity contribution is -0.144. The molecule has 25 heavy (non-hydrogen) atoms. The molecule has 1 fully saturated rings. The molecule has 0 aromatic heterocycles. The first kappa shape index (κ1) is 18.6. The van der Waals surface area contributed by atoms with Gasteiger partial charge in [0.1, 0.15) is 6.54 Å². The molecule has 1 N–H and O–H groups in total. The maximum Gasteiger partial charge on any atom is 0.334 e. The summed E-state index contributed by atoms with van der Waals surface area (Å²) in [6.45, 7) is 4.69. The highest BCUT2D eigenvalue weighted by Gasteiger charge is 2.46. The molecule has 5 amide bonds. The molecule has 1 aliphatic rings. The summed E-state index contributed by atoms with van der Waals surface area (Å²) in [5, 5.41) is 2.76. The maximum absolute atomic E-state index is 12.1. The molecule has 1 aromatic rings. The van der Waals surface area contributed by atoms with Crippen LogP contribution in [-0.4, -0.2) is 52.2 Å². The van der Waals surface area contributed by atoms with Crippen molar-refractivity contribution in [2.45, 2.75) is 45.7 Å². The van der Waals surface area contributed by atoms with Crippen molar-refractivity contribution >= 4 is 23.8 Å². The number of nitrogens with zero attached hydrogens (tertiary/aromatic N) is 2. The zero-order chi connectivity index (χ0) is 18.6. The number of aryl methyl sites for hydroxylation is 1. The summed E-state index contributed by atoms with van der Waals surface area (Å²) in [4.78, 5) is 49.5. The molecule has 1 atom stereocenters. The van der Waals surface area contributed by atoms with Gasteiger partial charge in [-0.25, -0.2) is 9.69 Å². The number of carbonyl (C=O) groups is 4. The van der Waals surface area contributed by atoms with Crippen molar-refractivity contribution in [1.82, 2.24) is 15.1 Å². The van der Waals surface area contributed by atoms with Crippen LogP contribution in [0.1, 0.15) is 32.8 Å². The number of carbonyl (C=O) groups excluding carboxylic acids is 4. The minimum atomic E-state index is -0.953. The molecular weight excluding hydrogens is 322 g/mol. The molecule has 2 rings (SSSR count). The van der Waals surface area contributed by atoms with Crippen molar-refractivity contribution in [2.24, 2.45) is 0 Å². The van der Waals surface area contributed by atoms with Gasteiger partial charge in [-0.1, -0.05) is 30.3 Å². The van der Waals surface area contributed by atoms with Gasteiger partial charge in [0.25, 0.3) is 0 Å². The summed E-state index contributed by atoms with van der Waals surface area (Å²) in [5.41, 5.74) is 1.17. The van der Waals surface area contributed by atoms with Crippen LogP contribution >= 0.6 is 0 Å². The second-order valence-corrected chi connectivity index (χ2v) is 6.44. The lowest BCUT2D eigenvalue weighted by Crippen LogP contribution is -2.44. The summed E-state index contributed by atoms with van der Waals surface area (Å²) in [7, 11) is 0. The van der Waals surface area contributed by atoms with E-state index in [2.05, 4.69) is 5.32 Å². The van der Waals surface area contributed by atoms with Crippen LogP contribution in [-0.2, 0) is 20.8 Å². The van der Waals surface area contributed by atoms with Gasteiger partial charge in [-0.2, -0.15) is 0 Å². The summed E-state index contributed by atoms with van der Waals surface area (Å²) in [6.07, 6.45) is 1.54. The van der Waals surface area contributed by atoms with E-state index in [1.807, 2.05) is 37.3 Å². The third-order valence-electron chi connectivity index (χ3n) is 4.02. The van der Waals surface area contributed by atoms with Gasteiger partial charge in [0.05, 0.1) is 0 Å². The number of urea groups is 1. The third kappa shape index (κ3) is 4.43. The van der Waals surface area contributed by atoms with E-state index in [9.17, 15) is 19.2 Å². The predicted octanol–water partition coefficient (Wildman–Crippen LogP) is 1.32. The van der Waals surface area contributed by atoms with Crippen LogP contribution in [0.25, 0.3) is 0 Å². The van der Waals surface area contributed by atoms with Crippen molar-refractivity contribution < 1.29 is 19.2 Å². The van der Waals surface area contributed by atoms with E-state index < -0.39 is 36.3 Å². The highest BCUT2D eigenvalue weighted by molar-refractivity contribution is 6.45. The van der Waals surface area contributed by atoms with Gasteiger partial charge < -0.3 is 5.32 Å². The van der Waals surface area contributed by atoms with E-state index in [1.165, 1.54) is 5.56 Å². The average molecular weight is 345 g/mol. The molecule has 0 radical (unpaired) electrons. The van der Waals surface area contributed by atoms with Gasteiger partial charge >= 0.3 is 17.8 Å². The van der Waals surface area contributed by atoms with Crippen LogP contribution in [0.15, 0.2) is 30.3 Å². The molecule has 7 heteroatoms. The largest absolute Gasteiger partial charge is 0.352 e. The standard InChI is InChI=1S/C18H23N3O4/c1-12(2)21-17(24)16(23)20(18(21)25)11-15(22)19-13(3)9-10-14-7-5-4-6-8-14/h4-8,12-13H,9-11H2,1-3H3,(H,19,22)/t13-/m1/s1. The molecule has 0 spiro atoms. The van der Waals surface area contributed by atoms with Gasteiger partial charge in [-0.05, 0) is 39.2 Å². The van der Waals surface area contributed by atoms with Gasteiger partial charge in [0.15, 0.2) is 0 Å². The lowest BCUT2D eigenvalue weighted by Gasteiger charge is -2.19. The highest BCUT2D eigenvalue weighted by Crippen LogP contribution is 2.15. The number of benzene rings is 1. The summed E-state index contributed by atoms with van der Waals surface area (Å²) in [6, 6.07) is 8.61. The zero-order valence-electron chi connectivity index (χ0n) is 14.7. The molecule has 0 unspecified atom stereocenters. The zero-order valence-corrected chi connectivity index (χ0v) is 14.7. The Labute approximate surface area is 147 Å². The number of hydrogen-bond acceptors (Lipinski definition) is 4. The van der Waals surface area contributed by atoms with E-state index in [0.29, 0.717) is 4.90 Å². The Balaban J connectivity index is 1.86. The summed E-state index contributed by atoms with van der Waals surface area (Å²) >= 11 is 0. The Hall–Kier alpha value is -2.70. The topological polar surface area (TPSA) is 86.8 Å². The fourth-order valence-corrected chi connectivity index (χ4v) is 2.68. The van der Waals surface area contributed by atoms with Gasteiger partial charge in [0, 0.05) is 12.1 Å². The summed E-state index contributed by atoms with van der Waals surface area (Å²) < 4.78 is 0. The number of amides is 5. The minimum absolute atomic E-state index is 0.114. The van der Waals surface area contributed by atoms with Crippen LogP contribution in [0, 0.1) is 0 Å². The first-order chi connectivity index (χ1) is 11.8. The van der Waals surface area contributed by atoms with Crippen molar-refractivity contribution in [3.05, 3.63) is 35.9 Å². The molecule has 0 bridgehead atoms. The van der Waals surface area contributed by atoms with Crippen LogP contribution in [0.4, 0.5) is 4.79 Å². The fraction of sp³-hybridized carbons (Fsp3) is 0.444. The third-order valence-corrected chi connectivity index (χ3v) is 4.02. The molecule has 1 aromatic carbocycles. The SMILES string of the molecule is CC(C)N1C(=O)C(=O)N(CC(=O)N[C@H](C)CCc2ccccc2)C1=O. The first-order valence-electron chi connectivity index (χ1n) is 8.33. The first-order valence-corrected chi connectivity index (χ1v) is 8.33. The van der Waals surface area contributed by atoms with E-state index in [1.54, 1.807) is 13.8 Å². The predicted molar refractivity (Wildman–Crippen MR) is 91.5 cm³/mol. The molecular formula is C18H23N3O4. The van der Waals surface area contributed by atoms with Crippen molar-refractivity contribution in [3.8, 4) is 0 Å². The monoisotopic (exact) mass is 345 g/mol. The fourth-order valence-electron chi connectivity index (χ4n) is 2.68. The molecule has 1 aliphatic heterocycles. The van der Waals surface area contributed by atoms with E-state index in [-0.39, 0.29) is 6.04 Å². The van der Waals surface area contributed by atoms with E-state index in [0.717, 1.165) is 17.7 Å². The van der Waals surface area contributed by atoms with Crippen molar-refractivity contribution in [3.63, 3.8) is 0 Å². The van der Waals surface area contributed by atoms with Crippen LogP contribution in [0.5, 0.6) is 0 Å². The van der Waals surface area contributed by atoms with Crippen molar-refractivity contribution in [1.29, 1.82) is 0 Å². The van der Waals surface area contributed by atoms with Crippen LogP contribution in [0.3, 0.4) is 0 Å². The Morgan fingerprint density at radius 2 is 1.68 bits per heavy atom. The van der Waals surface area contributed by atoms with Gasteiger partial charge in [-0.3, -0.25) is 19.3 Å². The van der Waals surface area contributed by atoms with Crippen molar-refractivity contribution in [2.75, 3.05) is 6.54 Å². The Bertz CT molecular complexity index is 672. The number of nitrogens with one attached hydrogen (secondary N) is 1. The normalized spacial score (nSPS) is 15.9. The number of rotatable bonds is 7. The number of hydrogen-bond donors (Lipinski definition) is 1. The summed E-state index contributed by atoms with van der Waals surface area (Å²) in [5.74, 6) is -2.30. The van der Waals surface area contributed by atoms with Crippen LogP contribution in [0.2, 0.25) is 0 Å². The number of imide groups is 2. The molecule has 0 aliphatic carbocycles. The second kappa shape index (κ2) is 7.92. The molecule has 134 valence electrons. The van der Waals surface area contributed by atoms with E-state index in [4.69, 9.17) is 0 Å². The Morgan fingerprint density at radius 1 is 1.04 bits per heavy atom. The molecule has 1 saturated heterocycles. The lowest BCUT2D eigenvalue weighted by atomic mass is 10.1. The van der Waals surface area contributed by atoms with Crippen LogP contribution < -0.4 is 5.32 Å². The van der Waals surface area contributed by atoms with Gasteiger partial charge in [0.2, 0.25) is 5.91 Å². The highest BCUT2D eigenvalue weighted by atomic mass is 16.2. The smallest absolute Gasteiger partial charge is 0.334 e. The maximum atomic E-state index is 12.1. The molecule has 1 heterocycles. The second-order valence-electron chi connectivity index (χ2n) is 6.44. The Morgan fingerprint density at radius 3 is 2.24 bits per heavy atom. The average Bonchev–Trinajstić information content (AvgIpc) is 2.77. The Kier molecular flexibility index (Phi) is 5.90. The minimum Gasteiger partial charge on any atom is -0.352 e. The van der Waals surface area contributed by atoms with E-state index >= 15 is 0 Å².